The summed E-state index contributed by atoms with van der Waals surface area (Å²) in [7, 11) is 0. The smallest absolute Gasteiger partial charge is 0.225 e. The summed E-state index contributed by atoms with van der Waals surface area (Å²) in [6.07, 6.45) is 5.71. The van der Waals surface area contributed by atoms with Gasteiger partial charge in [0.15, 0.2) is 0 Å². The predicted molar refractivity (Wildman–Crippen MR) is 43.0 cm³/mol. The van der Waals surface area contributed by atoms with E-state index in [1.165, 1.54) is 5.57 Å². The highest BCUT2D eigenvalue weighted by atomic mass is 16.2. The summed E-state index contributed by atoms with van der Waals surface area (Å²) in [5, 5.41) is 0. The zero-order chi connectivity index (χ0) is 7.84. The molecule has 0 aromatic rings. The second-order valence-electron chi connectivity index (χ2n) is 3.04. The maximum absolute atomic E-state index is 10.9. The van der Waals surface area contributed by atoms with Gasteiger partial charge in [-0.15, -0.1) is 6.58 Å². The first-order chi connectivity index (χ1) is 5.33. The summed E-state index contributed by atoms with van der Waals surface area (Å²) >= 11 is 0. The van der Waals surface area contributed by atoms with Gasteiger partial charge in [0, 0.05) is 6.54 Å². The molecule has 1 amide bonds. The van der Waals surface area contributed by atoms with Crippen LogP contribution in [0.4, 0.5) is 0 Å². The molecule has 0 aromatic heterocycles. The van der Waals surface area contributed by atoms with Crippen molar-refractivity contribution >= 4 is 5.91 Å². The molecular formula is C9H11NO. The summed E-state index contributed by atoms with van der Waals surface area (Å²) in [6, 6.07) is 0.431. The molecule has 0 aromatic carbocycles. The molecule has 0 bridgehead atoms. The van der Waals surface area contributed by atoms with Crippen molar-refractivity contribution in [3.05, 3.63) is 24.3 Å². The van der Waals surface area contributed by atoms with Crippen molar-refractivity contribution in [2.24, 2.45) is 0 Å². The largest absolute Gasteiger partial charge is 0.332 e. The molecule has 0 N–H and O–H groups in total. The van der Waals surface area contributed by atoms with Crippen LogP contribution in [0.15, 0.2) is 24.3 Å². The van der Waals surface area contributed by atoms with E-state index in [1.54, 1.807) is 0 Å². The zero-order valence-corrected chi connectivity index (χ0v) is 6.42. The van der Waals surface area contributed by atoms with Gasteiger partial charge in [0.25, 0.3) is 0 Å². The normalized spacial score (nSPS) is 27.6. The van der Waals surface area contributed by atoms with Gasteiger partial charge in [-0.2, -0.15) is 0 Å². The Bertz CT molecular complexity index is 242. The van der Waals surface area contributed by atoms with Crippen LogP contribution in [0.5, 0.6) is 0 Å². The van der Waals surface area contributed by atoms with Gasteiger partial charge >= 0.3 is 0 Å². The number of carbonyl (C=O) groups is 1. The van der Waals surface area contributed by atoms with Crippen LogP contribution >= 0.6 is 0 Å². The molecule has 2 heteroatoms. The van der Waals surface area contributed by atoms with Crippen LogP contribution < -0.4 is 0 Å². The van der Waals surface area contributed by atoms with Gasteiger partial charge in [-0.3, -0.25) is 4.79 Å². The molecule has 0 aliphatic carbocycles. The van der Waals surface area contributed by atoms with Crippen molar-refractivity contribution < 1.29 is 4.79 Å². The molecule has 1 saturated heterocycles. The Kier molecular flexibility index (Phi) is 1.34. The molecular weight excluding hydrogens is 138 g/mol. The van der Waals surface area contributed by atoms with E-state index >= 15 is 0 Å². The van der Waals surface area contributed by atoms with Crippen molar-refractivity contribution in [2.75, 3.05) is 6.54 Å². The van der Waals surface area contributed by atoms with Crippen molar-refractivity contribution in [1.82, 2.24) is 4.90 Å². The molecule has 2 heterocycles. The van der Waals surface area contributed by atoms with E-state index < -0.39 is 0 Å². The number of nitrogens with zero attached hydrogens (tertiary/aromatic N) is 1. The minimum atomic E-state index is 0.297. The van der Waals surface area contributed by atoms with Gasteiger partial charge in [0.2, 0.25) is 5.91 Å². The Morgan fingerprint density at radius 1 is 1.82 bits per heavy atom. The molecule has 0 spiro atoms. The van der Waals surface area contributed by atoms with Crippen LogP contribution in [0.25, 0.3) is 0 Å². The van der Waals surface area contributed by atoms with Crippen LogP contribution in [0.2, 0.25) is 0 Å². The van der Waals surface area contributed by atoms with Gasteiger partial charge in [0.1, 0.15) is 0 Å². The standard InChI is InChI=1S/C9H11NO/c1-2-3-7-4-5-10-8(7)6-9(10)11/h2,4,8H,1,3,5-6H2/t8-/m0/s1. The Morgan fingerprint density at radius 3 is 3.18 bits per heavy atom. The van der Waals surface area contributed by atoms with E-state index in [9.17, 15) is 4.79 Å². The van der Waals surface area contributed by atoms with E-state index in [0.29, 0.717) is 11.9 Å². The Hall–Kier alpha value is -1.05. The molecule has 0 unspecified atom stereocenters. The first-order valence-corrected chi connectivity index (χ1v) is 3.92. The molecule has 11 heavy (non-hydrogen) atoms. The van der Waals surface area contributed by atoms with Crippen molar-refractivity contribution in [1.29, 1.82) is 0 Å². The van der Waals surface area contributed by atoms with Crippen LogP contribution in [-0.2, 0) is 4.79 Å². The van der Waals surface area contributed by atoms with Gasteiger partial charge in [-0.1, -0.05) is 12.2 Å². The predicted octanol–water partition coefficient (Wildman–Crippen LogP) is 1.10. The minimum absolute atomic E-state index is 0.297. The molecule has 2 aliphatic rings. The van der Waals surface area contributed by atoms with E-state index in [-0.39, 0.29) is 0 Å². The molecule has 1 atom stereocenters. The van der Waals surface area contributed by atoms with Crippen molar-refractivity contribution in [3.63, 3.8) is 0 Å². The minimum Gasteiger partial charge on any atom is -0.332 e. The highest BCUT2D eigenvalue weighted by Crippen LogP contribution is 2.32. The number of hydrogen-bond acceptors (Lipinski definition) is 1. The maximum atomic E-state index is 10.9. The average molecular weight is 149 g/mol. The fraction of sp³-hybridized carbons (Fsp3) is 0.444. The van der Waals surface area contributed by atoms with Gasteiger partial charge < -0.3 is 4.90 Å². The van der Waals surface area contributed by atoms with E-state index in [1.807, 2.05) is 11.0 Å². The second kappa shape index (κ2) is 2.22. The summed E-state index contributed by atoms with van der Waals surface area (Å²) in [6.45, 7) is 4.51. The lowest BCUT2D eigenvalue weighted by molar-refractivity contribution is -0.141. The fourth-order valence-corrected chi connectivity index (χ4v) is 1.75. The molecule has 58 valence electrons. The number of allylic oxidation sites excluding steroid dienone is 1. The van der Waals surface area contributed by atoms with Crippen LogP contribution in [0, 0.1) is 0 Å². The lowest BCUT2D eigenvalue weighted by Gasteiger charge is -2.36. The van der Waals surface area contributed by atoms with Crippen LogP contribution in [0.3, 0.4) is 0 Å². The summed E-state index contributed by atoms with van der Waals surface area (Å²) < 4.78 is 0. The maximum Gasteiger partial charge on any atom is 0.225 e. The molecule has 2 rings (SSSR count). The molecule has 2 aliphatic heterocycles. The monoisotopic (exact) mass is 149 g/mol. The van der Waals surface area contributed by atoms with Crippen LogP contribution in [-0.4, -0.2) is 23.4 Å². The first kappa shape index (κ1) is 6.65. The third kappa shape index (κ3) is 0.821. The fourth-order valence-electron chi connectivity index (χ4n) is 1.75. The van der Waals surface area contributed by atoms with Gasteiger partial charge in [-0.05, 0) is 12.0 Å². The lowest BCUT2D eigenvalue weighted by Crippen LogP contribution is -2.49. The van der Waals surface area contributed by atoms with E-state index in [0.717, 1.165) is 19.4 Å². The SMILES string of the molecule is C=CCC1=CCN2C(=O)C[C@@H]12. The third-order valence-corrected chi connectivity index (χ3v) is 2.42. The van der Waals surface area contributed by atoms with Crippen molar-refractivity contribution in [3.8, 4) is 0 Å². The topological polar surface area (TPSA) is 20.3 Å². The number of β-lactam (4-membered cyclic amide) rings is 1. The Balaban J connectivity index is 2.06. The number of fused-ring (bicyclic) bond motifs is 1. The summed E-state index contributed by atoms with van der Waals surface area (Å²) in [5.41, 5.74) is 1.37. The summed E-state index contributed by atoms with van der Waals surface area (Å²) in [5.74, 6) is 0.297. The number of amides is 1. The highest BCUT2D eigenvalue weighted by Gasteiger charge is 2.40. The van der Waals surface area contributed by atoms with Gasteiger partial charge in [0.05, 0.1) is 12.5 Å². The van der Waals surface area contributed by atoms with E-state index in [2.05, 4.69) is 12.7 Å². The Labute approximate surface area is 66.2 Å². The number of rotatable bonds is 2. The van der Waals surface area contributed by atoms with Crippen molar-refractivity contribution in [2.45, 2.75) is 18.9 Å². The van der Waals surface area contributed by atoms with Gasteiger partial charge in [-0.25, -0.2) is 0 Å². The van der Waals surface area contributed by atoms with E-state index in [4.69, 9.17) is 0 Å². The average Bonchev–Trinajstić information content (AvgIpc) is 2.28. The summed E-state index contributed by atoms with van der Waals surface area (Å²) in [4.78, 5) is 12.8. The molecule has 2 nitrogen and oxygen atoms in total. The zero-order valence-electron chi connectivity index (χ0n) is 6.42. The Morgan fingerprint density at radius 2 is 2.64 bits per heavy atom. The number of carbonyl (C=O) groups excluding carboxylic acids is 1. The lowest BCUT2D eigenvalue weighted by atomic mass is 9.96. The molecule has 1 fully saturated rings. The highest BCUT2D eigenvalue weighted by molar-refractivity contribution is 5.85. The second-order valence-corrected chi connectivity index (χ2v) is 3.04. The molecule has 0 saturated carbocycles. The quantitative estimate of drug-likeness (QED) is 0.425. The number of hydrogen-bond donors (Lipinski definition) is 0. The third-order valence-electron chi connectivity index (χ3n) is 2.42. The first-order valence-electron chi connectivity index (χ1n) is 3.92. The molecule has 0 radical (unpaired) electrons. The van der Waals surface area contributed by atoms with Crippen LogP contribution in [0.1, 0.15) is 12.8 Å².